The van der Waals surface area contributed by atoms with E-state index in [-0.39, 0.29) is 5.69 Å². The van der Waals surface area contributed by atoms with Gasteiger partial charge in [0.25, 0.3) is 0 Å². The molecule has 1 aromatic heterocycles. The Morgan fingerprint density at radius 3 is 2.61 bits per heavy atom. The Bertz CT molecular complexity index is 766. The van der Waals surface area contributed by atoms with Gasteiger partial charge in [-0.2, -0.15) is 0 Å². The zero-order chi connectivity index (χ0) is 12.5. The molecule has 0 aliphatic rings. The predicted molar refractivity (Wildman–Crippen MR) is 72.4 cm³/mol. The number of hydrogen-bond acceptors (Lipinski definition) is 2. The van der Waals surface area contributed by atoms with Crippen LogP contribution in [0.5, 0.6) is 0 Å². The van der Waals surface area contributed by atoms with E-state index in [2.05, 4.69) is 4.98 Å². The Hall–Kier alpha value is -2.13. The second-order valence-corrected chi connectivity index (χ2v) is 4.35. The van der Waals surface area contributed by atoms with Crippen LogP contribution in [0.15, 0.2) is 59.5 Å². The summed E-state index contributed by atoms with van der Waals surface area (Å²) in [6.45, 7) is 0. The second kappa shape index (κ2) is 4.27. The van der Waals surface area contributed by atoms with Gasteiger partial charge >= 0.3 is 5.69 Å². The van der Waals surface area contributed by atoms with Crippen molar-refractivity contribution in [3.05, 3.63) is 70.2 Å². The van der Waals surface area contributed by atoms with E-state index in [1.54, 1.807) is 22.9 Å². The maximum Gasteiger partial charge on any atom is 0.352 e. The first kappa shape index (κ1) is 11.0. The zero-order valence-electron chi connectivity index (χ0n) is 9.38. The smallest absolute Gasteiger partial charge is 0.261 e. The average molecular weight is 257 g/mol. The third kappa shape index (κ3) is 1.79. The van der Waals surface area contributed by atoms with Crippen LogP contribution in [-0.4, -0.2) is 9.55 Å². The van der Waals surface area contributed by atoms with Gasteiger partial charge in [-0.15, -0.1) is 0 Å². The molecule has 3 nitrogen and oxygen atoms in total. The first-order valence-corrected chi connectivity index (χ1v) is 5.86. The summed E-state index contributed by atoms with van der Waals surface area (Å²) < 4.78 is 1.58. The number of benzene rings is 2. The summed E-state index contributed by atoms with van der Waals surface area (Å²) in [5, 5.41) is 1.47. The summed E-state index contributed by atoms with van der Waals surface area (Å²) in [7, 11) is 0. The van der Waals surface area contributed by atoms with Crippen LogP contribution in [0.4, 0.5) is 0 Å². The van der Waals surface area contributed by atoms with Crippen molar-refractivity contribution in [2.45, 2.75) is 0 Å². The molecule has 0 amide bonds. The Morgan fingerprint density at radius 1 is 1.06 bits per heavy atom. The predicted octanol–water partition coefficient (Wildman–Crippen LogP) is 3.04. The van der Waals surface area contributed by atoms with E-state index in [0.29, 0.717) is 5.02 Å². The van der Waals surface area contributed by atoms with Gasteiger partial charge in [0, 0.05) is 16.6 Å². The number of hydrogen-bond donors (Lipinski definition) is 0. The Morgan fingerprint density at radius 2 is 1.83 bits per heavy atom. The highest BCUT2D eigenvalue weighted by atomic mass is 35.5. The molecule has 0 radical (unpaired) electrons. The summed E-state index contributed by atoms with van der Waals surface area (Å²) in [6, 6.07) is 14.8. The van der Waals surface area contributed by atoms with E-state index in [9.17, 15) is 4.79 Å². The fraction of sp³-hybridized carbons (Fsp3) is 0. The molecular weight excluding hydrogens is 248 g/mol. The van der Waals surface area contributed by atoms with E-state index < -0.39 is 0 Å². The van der Waals surface area contributed by atoms with Crippen molar-refractivity contribution < 1.29 is 0 Å². The van der Waals surface area contributed by atoms with E-state index >= 15 is 0 Å². The van der Waals surface area contributed by atoms with Gasteiger partial charge in [-0.25, -0.2) is 9.78 Å². The van der Waals surface area contributed by atoms with Crippen molar-refractivity contribution in [1.29, 1.82) is 0 Å². The van der Waals surface area contributed by atoms with Gasteiger partial charge in [0.2, 0.25) is 0 Å². The molecule has 2 aromatic carbocycles. The van der Waals surface area contributed by atoms with E-state index in [0.717, 1.165) is 16.6 Å². The minimum absolute atomic E-state index is 0.295. The lowest BCUT2D eigenvalue weighted by molar-refractivity contribution is 0.960. The van der Waals surface area contributed by atoms with Crippen LogP contribution in [0.25, 0.3) is 16.6 Å². The number of halogens is 1. The molecule has 0 saturated carbocycles. The van der Waals surface area contributed by atoms with E-state index in [1.165, 1.54) is 0 Å². The second-order valence-electron chi connectivity index (χ2n) is 3.91. The molecule has 0 bridgehead atoms. The zero-order valence-corrected chi connectivity index (χ0v) is 10.1. The molecule has 0 aliphatic heterocycles. The molecule has 0 atom stereocenters. The quantitative estimate of drug-likeness (QED) is 0.671. The number of aromatic nitrogens is 2. The number of nitrogens with zero attached hydrogens (tertiary/aromatic N) is 2. The van der Waals surface area contributed by atoms with Crippen LogP contribution < -0.4 is 5.69 Å². The minimum Gasteiger partial charge on any atom is -0.261 e. The first-order valence-electron chi connectivity index (χ1n) is 5.48. The lowest BCUT2D eigenvalue weighted by Gasteiger charge is -2.09. The largest absolute Gasteiger partial charge is 0.352 e. The molecule has 1 heterocycles. The normalized spacial score (nSPS) is 10.7. The highest BCUT2D eigenvalue weighted by Gasteiger charge is 2.06. The van der Waals surface area contributed by atoms with Crippen molar-refractivity contribution in [2.75, 3.05) is 0 Å². The van der Waals surface area contributed by atoms with Crippen LogP contribution in [0.1, 0.15) is 0 Å². The summed E-state index contributed by atoms with van der Waals surface area (Å²) in [4.78, 5) is 15.8. The van der Waals surface area contributed by atoms with Gasteiger partial charge in [-0.1, -0.05) is 29.8 Å². The van der Waals surface area contributed by atoms with E-state index in [1.807, 2.05) is 36.4 Å². The molecule has 0 fully saturated rings. The lowest BCUT2D eigenvalue weighted by Crippen LogP contribution is -2.21. The van der Waals surface area contributed by atoms with E-state index in [4.69, 9.17) is 11.6 Å². The highest BCUT2D eigenvalue weighted by Crippen LogP contribution is 2.19. The molecule has 88 valence electrons. The number of para-hydroxylation sites is 1. The maximum absolute atomic E-state index is 11.9. The Balaban J connectivity index is 2.41. The van der Waals surface area contributed by atoms with Crippen molar-refractivity contribution >= 4 is 22.5 Å². The Labute approximate surface area is 108 Å². The van der Waals surface area contributed by atoms with Gasteiger partial charge in [0.15, 0.2) is 0 Å². The standard InChI is InChI=1S/C14H9ClN2O/c15-11-6-7-13-10(8-11)9-16-14(18)17(13)12-4-2-1-3-5-12/h1-9H. The Kier molecular flexibility index (Phi) is 2.61. The third-order valence-corrected chi connectivity index (χ3v) is 2.99. The SMILES string of the molecule is O=c1ncc2cc(Cl)ccc2n1-c1ccccc1. The summed E-state index contributed by atoms with van der Waals surface area (Å²) in [5.74, 6) is 0. The minimum atomic E-state index is -0.295. The lowest BCUT2D eigenvalue weighted by atomic mass is 10.2. The van der Waals surface area contributed by atoms with Gasteiger partial charge < -0.3 is 0 Å². The molecule has 3 aromatic rings. The molecule has 3 rings (SSSR count). The topological polar surface area (TPSA) is 34.9 Å². The van der Waals surface area contributed by atoms with Crippen LogP contribution in [0, 0.1) is 0 Å². The molecule has 0 N–H and O–H groups in total. The van der Waals surface area contributed by atoms with Gasteiger partial charge in [-0.3, -0.25) is 4.57 Å². The monoisotopic (exact) mass is 256 g/mol. The molecule has 0 saturated heterocycles. The fourth-order valence-corrected chi connectivity index (χ4v) is 2.13. The van der Waals surface area contributed by atoms with Crippen LogP contribution >= 0.6 is 11.6 Å². The van der Waals surface area contributed by atoms with Crippen LogP contribution in [0.2, 0.25) is 5.02 Å². The average Bonchev–Trinajstić information content (AvgIpc) is 2.40. The van der Waals surface area contributed by atoms with Crippen molar-refractivity contribution in [2.24, 2.45) is 0 Å². The maximum atomic E-state index is 11.9. The molecule has 0 aliphatic carbocycles. The van der Waals surface area contributed by atoms with Crippen molar-refractivity contribution in [3.8, 4) is 5.69 Å². The van der Waals surface area contributed by atoms with Crippen molar-refractivity contribution in [1.82, 2.24) is 9.55 Å². The molecule has 0 spiro atoms. The van der Waals surface area contributed by atoms with Crippen LogP contribution in [-0.2, 0) is 0 Å². The fourth-order valence-electron chi connectivity index (χ4n) is 1.94. The third-order valence-electron chi connectivity index (χ3n) is 2.75. The van der Waals surface area contributed by atoms with Gasteiger partial charge in [0.05, 0.1) is 11.2 Å². The number of rotatable bonds is 1. The molecular formula is C14H9ClN2O. The molecule has 18 heavy (non-hydrogen) atoms. The first-order chi connectivity index (χ1) is 8.75. The van der Waals surface area contributed by atoms with Crippen LogP contribution in [0.3, 0.4) is 0 Å². The number of fused-ring (bicyclic) bond motifs is 1. The highest BCUT2D eigenvalue weighted by molar-refractivity contribution is 6.31. The summed E-state index contributed by atoms with van der Waals surface area (Å²) >= 11 is 5.94. The molecule has 4 heteroatoms. The summed E-state index contributed by atoms with van der Waals surface area (Å²) in [5.41, 5.74) is 1.30. The molecule has 0 unspecified atom stereocenters. The van der Waals surface area contributed by atoms with Crippen molar-refractivity contribution in [3.63, 3.8) is 0 Å². The van der Waals surface area contributed by atoms with Gasteiger partial charge in [-0.05, 0) is 30.3 Å². The van der Waals surface area contributed by atoms with Gasteiger partial charge in [0.1, 0.15) is 0 Å². The summed E-state index contributed by atoms with van der Waals surface area (Å²) in [6.07, 6.45) is 1.54.